The molecule has 5 nitrogen and oxygen atoms in total. The molecule has 1 saturated carbocycles. The summed E-state index contributed by atoms with van der Waals surface area (Å²) in [6.45, 7) is 3.57. The summed E-state index contributed by atoms with van der Waals surface area (Å²) in [7, 11) is 0. The van der Waals surface area contributed by atoms with Crippen molar-refractivity contribution in [3.05, 3.63) is 29.8 Å². The fourth-order valence-electron chi connectivity index (χ4n) is 2.04. The van der Waals surface area contributed by atoms with Gasteiger partial charge in [-0.05, 0) is 44.9 Å². The van der Waals surface area contributed by atoms with Crippen LogP contribution < -0.4 is 4.74 Å². The molecule has 108 valence electrons. The Kier molecular flexibility index (Phi) is 4.27. The number of benzene rings is 1. The predicted octanol–water partition coefficient (Wildman–Crippen LogP) is 2.16. The molecule has 0 spiro atoms. The number of carbonyl (C=O) groups is 2. The second-order valence-corrected chi connectivity index (χ2v) is 5.25. The predicted molar refractivity (Wildman–Crippen MR) is 73.9 cm³/mol. The van der Waals surface area contributed by atoms with Gasteiger partial charge in [-0.3, -0.25) is 9.59 Å². The summed E-state index contributed by atoms with van der Waals surface area (Å²) in [6.07, 6.45) is 1.78. The van der Waals surface area contributed by atoms with Crippen LogP contribution in [0.3, 0.4) is 0 Å². The molecule has 0 unspecified atom stereocenters. The molecule has 0 aromatic heterocycles. The Bertz CT molecular complexity index is 508. The van der Waals surface area contributed by atoms with Gasteiger partial charge in [0.1, 0.15) is 12.3 Å². The van der Waals surface area contributed by atoms with Gasteiger partial charge in [-0.2, -0.15) is 0 Å². The van der Waals surface area contributed by atoms with E-state index in [1.807, 2.05) is 13.8 Å². The van der Waals surface area contributed by atoms with Gasteiger partial charge in [0.05, 0.1) is 6.10 Å². The van der Waals surface area contributed by atoms with Crippen LogP contribution in [0.1, 0.15) is 37.0 Å². The lowest BCUT2D eigenvalue weighted by molar-refractivity contribution is -0.137. The van der Waals surface area contributed by atoms with Crippen LogP contribution in [0.15, 0.2) is 24.3 Å². The Labute approximate surface area is 118 Å². The van der Waals surface area contributed by atoms with Gasteiger partial charge < -0.3 is 14.7 Å². The quantitative estimate of drug-likeness (QED) is 0.865. The van der Waals surface area contributed by atoms with Crippen molar-refractivity contribution in [1.82, 2.24) is 4.90 Å². The number of aliphatic carboxylic acids is 1. The minimum absolute atomic E-state index is 0.0268. The Morgan fingerprint density at radius 2 is 2.10 bits per heavy atom. The molecule has 5 heteroatoms. The maximum atomic E-state index is 12.4. The first-order valence-electron chi connectivity index (χ1n) is 6.77. The first kappa shape index (κ1) is 14.4. The van der Waals surface area contributed by atoms with E-state index in [0.717, 1.165) is 12.8 Å². The van der Waals surface area contributed by atoms with Crippen molar-refractivity contribution < 1.29 is 19.4 Å². The number of carbonyl (C=O) groups excluding carboxylic acids is 1. The lowest BCUT2D eigenvalue weighted by Crippen LogP contribution is -2.37. The van der Waals surface area contributed by atoms with Gasteiger partial charge in [-0.1, -0.05) is 6.07 Å². The van der Waals surface area contributed by atoms with Gasteiger partial charge in [0.15, 0.2) is 0 Å². The molecule has 0 saturated heterocycles. The highest BCUT2D eigenvalue weighted by atomic mass is 16.5. The monoisotopic (exact) mass is 277 g/mol. The summed E-state index contributed by atoms with van der Waals surface area (Å²) in [5.41, 5.74) is 0.469. The van der Waals surface area contributed by atoms with Crippen LogP contribution in [0.2, 0.25) is 0 Å². The van der Waals surface area contributed by atoms with E-state index in [0.29, 0.717) is 11.3 Å². The van der Waals surface area contributed by atoms with Crippen molar-refractivity contribution in [2.24, 2.45) is 0 Å². The molecule has 1 N–H and O–H groups in total. The zero-order valence-electron chi connectivity index (χ0n) is 11.7. The Morgan fingerprint density at radius 1 is 1.40 bits per heavy atom. The summed E-state index contributed by atoms with van der Waals surface area (Å²) in [4.78, 5) is 24.7. The third kappa shape index (κ3) is 3.73. The van der Waals surface area contributed by atoms with Crippen molar-refractivity contribution in [2.45, 2.75) is 38.8 Å². The van der Waals surface area contributed by atoms with Crippen LogP contribution in [0.5, 0.6) is 5.75 Å². The topological polar surface area (TPSA) is 66.8 Å². The molecule has 1 aliphatic carbocycles. The first-order valence-corrected chi connectivity index (χ1v) is 6.77. The summed E-state index contributed by atoms with van der Waals surface area (Å²) in [5.74, 6) is -0.610. The van der Waals surface area contributed by atoms with E-state index < -0.39 is 5.97 Å². The third-order valence-corrected chi connectivity index (χ3v) is 3.01. The summed E-state index contributed by atoms with van der Waals surface area (Å²) < 4.78 is 5.55. The SMILES string of the molecule is CC(C)Oc1cccc(C(=O)N(CC(=O)O)C2CC2)c1. The molecular weight excluding hydrogens is 258 g/mol. The number of amides is 1. The summed E-state index contributed by atoms with van der Waals surface area (Å²) in [5, 5.41) is 8.91. The van der Waals surface area contributed by atoms with E-state index in [9.17, 15) is 9.59 Å². The molecule has 0 radical (unpaired) electrons. The van der Waals surface area contributed by atoms with Crippen molar-refractivity contribution in [3.63, 3.8) is 0 Å². The van der Waals surface area contributed by atoms with Gasteiger partial charge in [0, 0.05) is 11.6 Å². The molecule has 0 bridgehead atoms. The fourth-order valence-corrected chi connectivity index (χ4v) is 2.04. The second kappa shape index (κ2) is 5.94. The number of rotatable bonds is 6. The van der Waals surface area contributed by atoms with Gasteiger partial charge in [-0.15, -0.1) is 0 Å². The van der Waals surface area contributed by atoms with Crippen molar-refractivity contribution in [1.29, 1.82) is 0 Å². The molecule has 1 aliphatic rings. The molecule has 1 amide bonds. The average molecular weight is 277 g/mol. The molecule has 20 heavy (non-hydrogen) atoms. The first-order chi connectivity index (χ1) is 9.47. The molecule has 2 rings (SSSR count). The molecule has 0 aliphatic heterocycles. The molecule has 0 heterocycles. The highest BCUT2D eigenvalue weighted by molar-refractivity contribution is 5.96. The van der Waals surface area contributed by atoms with Crippen LogP contribution in [0, 0.1) is 0 Å². The Balaban J connectivity index is 2.16. The summed E-state index contributed by atoms with van der Waals surface area (Å²) >= 11 is 0. The van der Waals surface area contributed by atoms with Crippen LogP contribution in [0.4, 0.5) is 0 Å². The second-order valence-electron chi connectivity index (χ2n) is 5.25. The largest absolute Gasteiger partial charge is 0.491 e. The number of ether oxygens (including phenoxy) is 1. The van der Waals surface area contributed by atoms with Gasteiger partial charge in [0.2, 0.25) is 0 Å². The lowest BCUT2D eigenvalue weighted by Gasteiger charge is -2.20. The fraction of sp³-hybridized carbons (Fsp3) is 0.467. The highest BCUT2D eigenvalue weighted by Crippen LogP contribution is 2.28. The van der Waals surface area contributed by atoms with Gasteiger partial charge in [0.25, 0.3) is 5.91 Å². The molecular formula is C15H19NO4. The maximum absolute atomic E-state index is 12.4. The lowest BCUT2D eigenvalue weighted by atomic mass is 10.2. The van der Waals surface area contributed by atoms with E-state index >= 15 is 0 Å². The van der Waals surface area contributed by atoms with Crippen LogP contribution in [-0.2, 0) is 4.79 Å². The molecule has 1 aromatic carbocycles. The smallest absolute Gasteiger partial charge is 0.323 e. The Morgan fingerprint density at radius 3 is 2.65 bits per heavy atom. The molecule has 1 aromatic rings. The minimum atomic E-state index is -0.986. The highest BCUT2D eigenvalue weighted by Gasteiger charge is 2.34. The van der Waals surface area contributed by atoms with Gasteiger partial charge >= 0.3 is 5.97 Å². The number of hydrogen-bond acceptors (Lipinski definition) is 3. The Hall–Kier alpha value is -2.04. The van der Waals surface area contributed by atoms with Crippen molar-refractivity contribution in [3.8, 4) is 5.75 Å². The standard InChI is InChI=1S/C15H19NO4/c1-10(2)20-13-5-3-4-11(8-13)15(19)16(9-14(17)18)12-6-7-12/h3-5,8,10,12H,6-7,9H2,1-2H3,(H,17,18). The number of carboxylic acids is 1. The van der Waals surface area contributed by atoms with E-state index in [-0.39, 0.29) is 24.6 Å². The molecule has 0 atom stereocenters. The van der Waals surface area contributed by atoms with Crippen LogP contribution >= 0.6 is 0 Å². The zero-order valence-corrected chi connectivity index (χ0v) is 11.7. The number of hydrogen-bond donors (Lipinski definition) is 1. The summed E-state index contributed by atoms with van der Waals surface area (Å²) in [6, 6.07) is 6.95. The normalized spacial score (nSPS) is 14.2. The van der Waals surface area contributed by atoms with E-state index in [1.54, 1.807) is 24.3 Å². The van der Waals surface area contributed by atoms with E-state index in [1.165, 1.54) is 4.90 Å². The average Bonchev–Trinajstić information content (AvgIpc) is 3.18. The minimum Gasteiger partial charge on any atom is -0.491 e. The number of nitrogens with zero attached hydrogens (tertiary/aromatic N) is 1. The third-order valence-electron chi connectivity index (χ3n) is 3.01. The van der Waals surface area contributed by atoms with E-state index in [2.05, 4.69) is 0 Å². The van der Waals surface area contributed by atoms with Crippen molar-refractivity contribution in [2.75, 3.05) is 6.54 Å². The number of carboxylic acid groups (broad SMARTS) is 1. The maximum Gasteiger partial charge on any atom is 0.323 e. The van der Waals surface area contributed by atoms with Crippen LogP contribution in [0.25, 0.3) is 0 Å². The molecule has 1 fully saturated rings. The zero-order chi connectivity index (χ0) is 14.7. The van der Waals surface area contributed by atoms with Crippen LogP contribution in [-0.4, -0.2) is 40.6 Å². The van der Waals surface area contributed by atoms with Crippen molar-refractivity contribution >= 4 is 11.9 Å². The van der Waals surface area contributed by atoms with Gasteiger partial charge in [-0.25, -0.2) is 0 Å². The van der Waals surface area contributed by atoms with E-state index in [4.69, 9.17) is 9.84 Å².